The Kier molecular flexibility index (Phi) is 3.88. The largest absolute Gasteiger partial charge is 0.497 e. The topological polar surface area (TPSA) is 84.9 Å². The third kappa shape index (κ3) is 2.42. The van der Waals surface area contributed by atoms with Gasteiger partial charge in [0, 0.05) is 0 Å². The van der Waals surface area contributed by atoms with Gasteiger partial charge in [0.25, 0.3) is 5.91 Å². The van der Waals surface area contributed by atoms with Crippen LogP contribution in [0.15, 0.2) is 24.3 Å². The van der Waals surface area contributed by atoms with Gasteiger partial charge in [-0.3, -0.25) is 10.1 Å². The van der Waals surface area contributed by atoms with Crippen molar-refractivity contribution in [3.05, 3.63) is 29.8 Å². The Morgan fingerprint density at radius 1 is 1.30 bits per heavy atom. The van der Waals surface area contributed by atoms with E-state index in [1.54, 1.807) is 31.2 Å². The molecule has 0 unspecified atom stereocenters. The summed E-state index contributed by atoms with van der Waals surface area (Å²) in [6.07, 6.45) is -0.850. The molecule has 1 aromatic rings. The average molecular weight is 278 g/mol. The third-order valence-corrected chi connectivity index (χ3v) is 2.85. The number of benzene rings is 1. The number of methoxy groups -OCH3 is 1. The van der Waals surface area contributed by atoms with Crippen LogP contribution in [0, 0.1) is 0 Å². The van der Waals surface area contributed by atoms with E-state index in [4.69, 9.17) is 9.47 Å². The molecule has 1 aliphatic rings. The molecule has 1 saturated heterocycles. The molecular formula is C13H14N2O5. The zero-order chi connectivity index (χ0) is 14.7. The Morgan fingerprint density at radius 2 is 1.95 bits per heavy atom. The fourth-order valence-corrected chi connectivity index (χ4v) is 1.94. The molecule has 1 aromatic carbocycles. The van der Waals surface area contributed by atoms with Gasteiger partial charge in [-0.15, -0.1) is 0 Å². The molecule has 2 rings (SSSR count). The molecular weight excluding hydrogens is 264 g/mol. The zero-order valence-electron chi connectivity index (χ0n) is 11.1. The summed E-state index contributed by atoms with van der Waals surface area (Å²) in [5, 5.41) is 2.10. The summed E-state index contributed by atoms with van der Waals surface area (Å²) < 4.78 is 9.81. The van der Waals surface area contributed by atoms with Crippen LogP contribution in [0.25, 0.3) is 0 Å². The Hall–Kier alpha value is -2.57. The molecule has 106 valence electrons. The Bertz CT molecular complexity index is 540. The van der Waals surface area contributed by atoms with E-state index in [2.05, 4.69) is 5.32 Å². The summed E-state index contributed by atoms with van der Waals surface area (Å²) in [6, 6.07) is 4.73. The Labute approximate surface area is 115 Å². The van der Waals surface area contributed by atoms with Gasteiger partial charge < -0.3 is 9.47 Å². The fourth-order valence-electron chi connectivity index (χ4n) is 1.94. The molecule has 0 bridgehead atoms. The molecule has 7 nitrogen and oxygen atoms in total. The van der Waals surface area contributed by atoms with Crippen LogP contribution in [0.2, 0.25) is 0 Å². The molecule has 20 heavy (non-hydrogen) atoms. The van der Waals surface area contributed by atoms with Crippen LogP contribution < -0.4 is 10.1 Å². The molecule has 1 aliphatic heterocycles. The lowest BCUT2D eigenvalue weighted by molar-refractivity contribution is -0.121. The van der Waals surface area contributed by atoms with E-state index in [0.29, 0.717) is 11.3 Å². The van der Waals surface area contributed by atoms with Crippen molar-refractivity contribution in [2.24, 2.45) is 0 Å². The van der Waals surface area contributed by atoms with Gasteiger partial charge in [-0.25, -0.2) is 14.5 Å². The van der Waals surface area contributed by atoms with Crippen molar-refractivity contribution in [1.29, 1.82) is 0 Å². The molecule has 0 saturated carbocycles. The van der Waals surface area contributed by atoms with Crippen molar-refractivity contribution < 1.29 is 23.9 Å². The van der Waals surface area contributed by atoms with E-state index in [-0.39, 0.29) is 6.61 Å². The summed E-state index contributed by atoms with van der Waals surface area (Å²) in [4.78, 5) is 36.1. The van der Waals surface area contributed by atoms with Crippen molar-refractivity contribution >= 4 is 18.0 Å². The molecule has 1 fully saturated rings. The number of nitrogens with zero attached hydrogens (tertiary/aromatic N) is 1. The smallest absolute Gasteiger partial charge is 0.419 e. The molecule has 1 atom stereocenters. The number of imide groups is 2. The van der Waals surface area contributed by atoms with E-state index >= 15 is 0 Å². The second-order valence-corrected chi connectivity index (χ2v) is 4.04. The second kappa shape index (κ2) is 5.60. The van der Waals surface area contributed by atoms with Crippen LogP contribution >= 0.6 is 0 Å². The van der Waals surface area contributed by atoms with E-state index in [0.717, 1.165) is 4.90 Å². The minimum atomic E-state index is -1.02. The first-order valence-electron chi connectivity index (χ1n) is 6.03. The Morgan fingerprint density at radius 3 is 2.50 bits per heavy atom. The van der Waals surface area contributed by atoms with E-state index in [1.807, 2.05) is 0 Å². The number of hydrogen-bond donors (Lipinski definition) is 1. The number of carbonyl (C=O) groups excluding carboxylic acids is 3. The molecule has 1 heterocycles. The first-order valence-corrected chi connectivity index (χ1v) is 6.03. The molecule has 0 radical (unpaired) electrons. The van der Waals surface area contributed by atoms with Gasteiger partial charge >= 0.3 is 12.1 Å². The summed E-state index contributed by atoms with van der Waals surface area (Å²) >= 11 is 0. The summed E-state index contributed by atoms with van der Waals surface area (Å²) in [5.74, 6) is 0.0504. The number of ether oxygens (including phenoxy) is 2. The third-order valence-electron chi connectivity index (χ3n) is 2.85. The minimum absolute atomic E-state index is 0.117. The predicted octanol–water partition coefficient (Wildman–Crippen LogP) is 1.44. The maximum Gasteiger partial charge on any atom is 0.419 e. The first-order chi connectivity index (χ1) is 9.58. The average Bonchev–Trinajstić information content (AvgIpc) is 2.74. The number of rotatable bonds is 3. The number of amides is 4. The normalized spacial score (nSPS) is 17.9. The second-order valence-electron chi connectivity index (χ2n) is 4.04. The SMILES string of the molecule is CCOC(=O)N1C(=O)NC(=O)[C@H]1c1ccc(OC)cc1. The maximum absolute atomic E-state index is 11.8. The molecule has 0 spiro atoms. The van der Waals surface area contributed by atoms with Crippen molar-refractivity contribution in [2.75, 3.05) is 13.7 Å². The van der Waals surface area contributed by atoms with Gasteiger partial charge in [0.15, 0.2) is 0 Å². The van der Waals surface area contributed by atoms with Crippen LogP contribution in [0.3, 0.4) is 0 Å². The minimum Gasteiger partial charge on any atom is -0.497 e. The van der Waals surface area contributed by atoms with Crippen LogP contribution in [0.4, 0.5) is 9.59 Å². The molecule has 7 heteroatoms. The van der Waals surface area contributed by atoms with Crippen molar-refractivity contribution in [1.82, 2.24) is 10.2 Å². The lowest BCUT2D eigenvalue weighted by Crippen LogP contribution is -2.36. The van der Waals surface area contributed by atoms with Crippen molar-refractivity contribution in [2.45, 2.75) is 13.0 Å². The summed E-state index contributed by atoms with van der Waals surface area (Å²) in [5.41, 5.74) is 0.502. The highest BCUT2D eigenvalue weighted by molar-refractivity contribution is 6.10. The quantitative estimate of drug-likeness (QED) is 0.846. The number of urea groups is 1. The summed E-state index contributed by atoms with van der Waals surface area (Å²) in [6.45, 7) is 1.74. The molecule has 0 aromatic heterocycles. The highest BCUT2D eigenvalue weighted by atomic mass is 16.6. The number of carbonyl (C=O) groups is 3. The van der Waals surface area contributed by atoms with E-state index in [1.165, 1.54) is 7.11 Å². The number of nitrogens with one attached hydrogen (secondary N) is 1. The van der Waals surface area contributed by atoms with Gasteiger partial charge in [0.05, 0.1) is 13.7 Å². The van der Waals surface area contributed by atoms with Crippen LogP contribution in [-0.2, 0) is 9.53 Å². The lowest BCUT2D eigenvalue weighted by atomic mass is 10.1. The first kappa shape index (κ1) is 13.9. The van der Waals surface area contributed by atoms with Crippen LogP contribution in [0.5, 0.6) is 5.75 Å². The van der Waals surface area contributed by atoms with Gasteiger partial charge in [0.1, 0.15) is 11.8 Å². The zero-order valence-corrected chi connectivity index (χ0v) is 11.1. The van der Waals surface area contributed by atoms with Gasteiger partial charge in [-0.2, -0.15) is 0 Å². The highest BCUT2D eigenvalue weighted by Gasteiger charge is 2.44. The van der Waals surface area contributed by atoms with E-state index in [9.17, 15) is 14.4 Å². The Balaban J connectivity index is 2.32. The highest BCUT2D eigenvalue weighted by Crippen LogP contribution is 2.27. The number of hydrogen-bond acceptors (Lipinski definition) is 5. The standard InChI is InChI=1S/C13H14N2O5/c1-3-20-13(18)15-10(11(16)14-12(15)17)8-4-6-9(19-2)7-5-8/h4-7,10H,3H2,1-2H3,(H,14,16,17)/t10-/m1/s1. The predicted molar refractivity (Wildman–Crippen MR) is 68.1 cm³/mol. The molecule has 1 N–H and O–H groups in total. The maximum atomic E-state index is 11.8. The molecule has 4 amide bonds. The summed E-state index contributed by atoms with van der Waals surface area (Å²) in [7, 11) is 1.52. The monoisotopic (exact) mass is 278 g/mol. The lowest BCUT2D eigenvalue weighted by Gasteiger charge is -2.19. The van der Waals surface area contributed by atoms with Gasteiger partial charge in [-0.05, 0) is 24.6 Å². The van der Waals surface area contributed by atoms with Crippen molar-refractivity contribution in [3.8, 4) is 5.75 Å². The van der Waals surface area contributed by atoms with Crippen molar-refractivity contribution in [3.63, 3.8) is 0 Å². The van der Waals surface area contributed by atoms with Crippen LogP contribution in [-0.4, -0.2) is 36.6 Å². The molecule has 0 aliphatic carbocycles. The van der Waals surface area contributed by atoms with Gasteiger partial charge in [0.2, 0.25) is 0 Å². The van der Waals surface area contributed by atoms with Gasteiger partial charge in [-0.1, -0.05) is 12.1 Å². The van der Waals surface area contributed by atoms with Crippen LogP contribution in [0.1, 0.15) is 18.5 Å². The van der Waals surface area contributed by atoms with E-state index < -0.39 is 24.1 Å². The fraction of sp³-hybridized carbons (Fsp3) is 0.308.